The average molecular weight is 640 g/mol. The summed E-state index contributed by atoms with van der Waals surface area (Å²) >= 11 is 0. The highest BCUT2D eigenvalue weighted by atomic mass is 32.2. The molecule has 238 valence electrons. The minimum absolute atomic E-state index is 0.0334. The molecular formula is C33H36F3N5O3S. The van der Waals surface area contributed by atoms with Crippen LogP contribution in [0.25, 0.3) is 22.7 Å². The number of benzene rings is 2. The third-order valence-electron chi connectivity index (χ3n) is 6.82. The van der Waals surface area contributed by atoms with Gasteiger partial charge in [0.1, 0.15) is 11.2 Å². The Balaban J connectivity index is 0.000000251. The Kier molecular flexibility index (Phi) is 11.4. The number of alkyl halides is 3. The Morgan fingerprint density at radius 3 is 2.27 bits per heavy atom. The number of pyridine rings is 1. The van der Waals surface area contributed by atoms with E-state index in [-0.39, 0.29) is 27.9 Å². The fraction of sp³-hybridized carbons (Fsp3) is 0.333. The first kappa shape index (κ1) is 35.1. The molecule has 2 aromatic heterocycles. The maximum absolute atomic E-state index is 12.2. The summed E-state index contributed by atoms with van der Waals surface area (Å²) < 4.78 is 46.1. The van der Waals surface area contributed by atoms with Crippen LogP contribution in [-0.2, 0) is 16.6 Å². The van der Waals surface area contributed by atoms with Crippen LogP contribution in [-0.4, -0.2) is 45.0 Å². The maximum Gasteiger partial charge on any atom is 0.573 e. The van der Waals surface area contributed by atoms with Crippen LogP contribution in [0.15, 0.2) is 64.0 Å². The van der Waals surface area contributed by atoms with Crippen molar-refractivity contribution in [2.75, 3.05) is 5.75 Å². The van der Waals surface area contributed by atoms with Gasteiger partial charge in [0.2, 0.25) is 11.8 Å². The van der Waals surface area contributed by atoms with E-state index in [2.05, 4.69) is 38.8 Å². The van der Waals surface area contributed by atoms with E-state index >= 15 is 0 Å². The minimum Gasteiger partial charge on any atom is -0.419 e. The molecular weight excluding hydrogens is 603 g/mol. The van der Waals surface area contributed by atoms with E-state index in [0.29, 0.717) is 22.9 Å². The van der Waals surface area contributed by atoms with E-state index < -0.39 is 17.8 Å². The van der Waals surface area contributed by atoms with E-state index in [1.807, 2.05) is 49.4 Å². The zero-order valence-corrected chi connectivity index (χ0v) is 26.8. The zero-order valence-electron chi connectivity index (χ0n) is 26.0. The lowest BCUT2D eigenvalue weighted by Gasteiger charge is -2.14. The van der Waals surface area contributed by atoms with Crippen molar-refractivity contribution in [1.29, 1.82) is 5.26 Å². The molecule has 0 saturated heterocycles. The number of Topliss-reactive ketones (excluding diaryl/α,β-unsaturated/α-hetero) is 1. The number of carbonyl (C=O) groups excluding carboxylic acids is 1. The maximum atomic E-state index is 12.2. The van der Waals surface area contributed by atoms with Crippen LogP contribution in [0, 0.1) is 25.2 Å². The van der Waals surface area contributed by atoms with Gasteiger partial charge >= 0.3 is 6.36 Å². The van der Waals surface area contributed by atoms with Crippen molar-refractivity contribution in [1.82, 2.24) is 15.2 Å². The van der Waals surface area contributed by atoms with Crippen molar-refractivity contribution in [3.63, 3.8) is 0 Å². The predicted molar refractivity (Wildman–Crippen MR) is 170 cm³/mol. The van der Waals surface area contributed by atoms with Gasteiger partial charge in [-0.15, -0.1) is 23.4 Å². The predicted octanol–water partition coefficient (Wildman–Crippen LogP) is 7.34. The van der Waals surface area contributed by atoms with Gasteiger partial charge in [0.05, 0.1) is 24.0 Å². The van der Waals surface area contributed by atoms with Gasteiger partial charge in [-0.2, -0.15) is 15.7 Å². The number of aryl methyl sites for hydroxylation is 3. The summed E-state index contributed by atoms with van der Waals surface area (Å²) in [7, 11) is -0.376. The van der Waals surface area contributed by atoms with Crippen molar-refractivity contribution in [3.05, 3.63) is 77.3 Å². The summed E-state index contributed by atoms with van der Waals surface area (Å²) in [6.07, 6.45) is -2.66. The Morgan fingerprint density at radius 2 is 1.73 bits per heavy atom. The summed E-state index contributed by atoms with van der Waals surface area (Å²) in [4.78, 5) is 16.4. The van der Waals surface area contributed by atoms with Crippen molar-refractivity contribution in [2.24, 2.45) is 5.73 Å². The molecule has 0 aliphatic carbocycles. The smallest absolute Gasteiger partial charge is 0.419 e. The monoisotopic (exact) mass is 639 g/mol. The Bertz CT molecular complexity index is 1710. The van der Waals surface area contributed by atoms with Crippen molar-refractivity contribution in [3.8, 4) is 34.5 Å². The van der Waals surface area contributed by atoms with Gasteiger partial charge < -0.3 is 14.9 Å². The molecule has 0 aliphatic heterocycles. The van der Waals surface area contributed by atoms with Gasteiger partial charge in [0.15, 0.2) is 5.75 Å². The summed E-state index contributed by atoms with van der Waals surface area (Å²) in [5.74, 6) is 5.03. The van der Waals surface area contributed by atoms with E-state index in [9.17, 15) is 18.0 Å². The van der Waals surface area contributed by atoms with Crippen LogP contribution in [0.3, 0.4) is 0 Å². The topological polar surface area (TPSA) is 128 Å². The van der Waals surface area contributed by atoms with Crippen LogP contribution in [0.4, 0.5) is 13.2 Å². The van der Waals surface area contributed by atoms with Crippen LogP contribution < -0.4 is 10.5 Å². The fourth-order valence-corrected chi connectivity index (χ4v) is 5.64. The Morgan fingerprint density at radius 1 is 1.09 bits per heavy atom. The van der Waals surface area contributed by atoms with Crippen LogP contribution in [0.5, 0.6) is 5.75 Å². The molecule has 2 aromatic carbocycles. The fourth-order valence-electron chi connectivity index (χ4n) is 4.01. The molecule has 4 aromatic rings. The van der Waals surface area contributed by atoms with E-state index in [1.54, 1.807) is 26.8 Å². The molecule has 2 heterocycles. The number of rotatable bonds is 9. The van der Waals surface area contributed by atoms with Crippen LogP contribution in [0.2, 0.25) is 0 Å². The third kappa shape index (κ3) is 9.57. The molecule has 0 amide bonds. The van der Waals surface area contributed by atoms with Gasteiger partial charge in [0.25, 0.3) is 0 Å². The van der Waals surface area contributed by atoms with Gasteiger partial charge in [0, 0.05) is 21.8 Å². The van der Waals surface area contributed by atoms with Crippen LogP contribution in [0.1, 0.15) is 50.3 Å². The molecule has 45 heavy (non-hydrogen) atoms. The summed E-state index contributed by atoms with van der Waals surface area (Å²) in [6.45, 7) is 10.5. The molecule has 8 nitrogen and oxygen atoms in total. The van der Waals surface area contributed by atoms with E-state index in [1.165, 1.54) is 12.5 Å². The number of ketones is 1. The summed E-state index contributed by atoms with van der Waals surface area (Å²) in [5, 5.41) is 17.2. The van der Waals surface area contributed by atoms with Gasteiger partial charge in [-0.1, -0.05) is 37.1 Å². The first-order valence-corrected chi connectivity index (χ1v) is 15.6. The quantitative estimate of drug-likeness (QED) is 0.189. The van der Waals surface area contributed by atoms with E-state index in [0.717, 1.165) is 34.2 Å². The van der Waals surface area contributed by atoms with E-state index in [4.69, 9.17) is 15.4 Å². The number of hydrogen-bond acceptors (Lipinski definition) is 8. The third-order valence-corrected chi connectivity index (χ3v) is 8.66. The molecule has 4 rings (SSSR count). The molecule has 0 bridgehead atoms. The first-order chi connectivity index (χ1) is 21.0. The molecule has 12 heteroatoms. The molecule has 0 radical (unpaired) electrons. The lowest BCUT2D eigenvalue weighted by Crippen LogP contribution is -2.31. The number of ether oxygens (including phenoxy) is 1. The second kappa shape index (κ2) is 14.6. The van der Waals surface area contributed by atoms with Crippen molar-refractivity contribution >= 4 is 22.1 Å². The number of nitrogens with two attached hydrogens (primary N) is 1. The molecule has 0 saturated carbocycles. The standard InChI is InChI=1S/C18H22N4O2S.C15H14F3NO/c1-11-8-13(16-21-22-17(24-16)18(3,4)10-19)6-7-15(11)25(5)9-14(20)12(2)23;1-3-11-4-6-12(7-5-11)13-8-10(2)14(9-19-13)20-15(16,17)18/h6-8,14H,5,9,20H2,1-4H3;4-9H,3H2,1-2H3/t14-,25?;/m0./s1. The number of halogens is 3. The van der Waals surface area contributed by atoms with Crippen molar-refractivity contribution < 1.29 is 27.1 Å². The highest BCUT2D eigenvalue weighted by Crippen LogP contribution is 2.33. The number of nitrogens with zero attached hydrogens (tertiary/aromatic N) is 4. The molecule has 2 N–H and O–H groups in total. The molecule has 2 atom stereocenters. The number of aromatic nitrogens is 3. The number of nitriles is 1. The van der Waals surface area contributed by atoms with Crippen molar-refractivity contribution in [2.45, 2.75) is 70.7 Å². The molecule has 0 spiro atoms. The largest absolute Gasteiger partial charge is 0.573 e. The summed E-state index contributed by atoms with van der Waals surface area (Å²) in [6, 6.07) is 16.8. The molecule has 1 unspecified atom stereocenters. The Hall–Kier alpha value is -4.34. The van der Waals surface area contributed by atoms with Gasteiger partial charge in [-0.3, -0.25) is 9.78 Å². The minimum atomic E-state index is -4.70. The zero-order chi connectivity index (χ0) is 33.5. The van der Waals surface area contributed by atoms with Gasteiger partial charge in [-0.25, -0.2) is 0 Å². The normalized spacial score (nSPS) is 12.8. The molecule has 0 aliphatic rings. The highest BCUT2D eigenvalue weighted by Gasteiger charge is 2.32. The second-order valence-electron chi connectivity index (χ2n) is 10.9. The highest BCUT2D eigenvalue weighted by molar-refractivity contribution is 8.14. The lowest BCUT2D eigenvalue weighted by molar-refractivity contribution is -0.275. The van der Waals surface area contributed by atoms with Crippen LogP contribution >= 0.6 is 10.5 Å². The number of hydrogen-bond donors (Lipinski definition) is 1. The molecule has 0 fully saturated rings. The number of carbonyl (C=O) groups is 1. The Labute approximate surface area is 263 Å². The first-order valence-electron chi connectivity index (χ1n) is 14.0. The van der Waals surface area contributed by atoms with Gasteiger partial charge in [-0.05, 0) is 82.0 Å². The summed E-state index contributed by atoms with van der Waals surface area (Å²) in [5.41, 5.74) is 9.89. The lowest BCUT2D eigenvalue weighted by atomic mass is 9.96. The SMILES string of the molecule is C=S(C[C@H](N)C(C)=O)c1ccc(-c2nnc(C(C)(C)C#N)o2)cc1C.CCc1ccc(-c2cc(C)c(OC(F)(F)F)cn2)cc1. The second-order valence-corrected chi connectivity index (χ2v) is 12.7. The average Bonchev–Trinajstić information content (AvgIpc) is 3.49.